The predicted molar refractivity (Wildman–Crippen MR) is 129 cm³/mol. The number of nitrogens with zero attached hydrogens (tertiary/aromatic N) is 6. The van der Waals surface area contributed by atoms with Crippen molar-refractivity contribution in [2.24, 2.45) is 17.8 Å². The second kappa shape index (κ2) is 9.10. The Bertz CT molecular complexity index is 1200. The van der Waals surface area contributed by atoms with Gasteiger partial charge < -0.3 is 14.7 Å². The molecule has 2 aliphatic carbocycles. The first kappa shape index (κ1) is 22.3. The Kier molecular flexibility index (Phi) is 5.79. The molecular formula is C24H33N9O2. The third-order valence-corrected chi connectivity index (χ3v) is 7.92. The van der Waals surface area contributed by atoms with Crippen LogP contribution in [0.5, 0.6) is 0 Å². The van der Waals surface area contributed by atoms with Gasteiger partial charge in [0.1, 0.15) is 11.8 Å². The Morgan fingerprint density at radius 2 is 2.00 bits per heavy atom. The molecule has 186 valence electrons. The lowest BCUT2D eigenvalue weighted by molar-refractivity contribution is 0.120. The highest BCUT2D eigenvalue weighted by Crippen LogP contribution is 2.35. The third kappa shape index (κ3) is 4.33. The minimum Gasteiger partial charge on any atom is -0.365 e. The van der Waals surface area contributed by atoms with Gasteiger partial charge in [-0.15, -0.1) is 5.48 Å². The molecule has 1 unspecified atom stereocenters. The van der Waals surface area contributed by atoms with E-state index in [9.17, 15) is 4.79 Å². The maximum Gasteiger partial charge on any atom is 0.427 e. The molecule has 2 saturated carbocycles. The number of amides is 1. The zero-order chi connectivity index (χ0) is 23.9. The van der Waals surface area contributed by atoms with E-state index in [1.54, 1.807) is 12.5 Å². The van der Waals surface area contributed by atoms with E-state index in [1.165, 1.54) is 44.9 Å². The normalized spacial score (nSPS) is 25.8. The highest BCUT2D eigenvalue weighted by molar-refractivity contribution is 5.85. The van der Waals surface area contributed by atoms with Crippen LogP contribution in [0.25, 0.3) is 17.1 Å². The molecule has 4 heterocycles. The summed E-state index contributed by atoms with van der Waals surface area (Å²) in [5.41, 5.74) is 4.16. The quantitative estimate of drug-likeness (QED) is 0.469. The number of hydrogen-bond donors (Lipinski definition) is 3. The standard InChI is InChI=1S/C24H33N9O2/c1-14-6-8-16(9-7-14)12-33-18-19(26-15(2)17-4-3-5-17)27-21(22-30-24(34)35-31-22)28-20(18)29-23(33)32-11-10-25-13-32/h10-11,13-17,22,31H,3-9,12H2,1-2H3,(H,30,34)(H,26,27,28)/t14?,15-,16?,22?/m1/s1. The first-order valence-electron chi connectivity index (χ1n) is 12.8. The lowest BCUT2D eigenvalue weighted by Gasteiger charge is -2.32. The van der Waals surface area contributed by atoms with E-state index in [4.69, 9.17) is 19.8 Å². The lowest BCUT2D eigenvalue weighted by atomic mass is 9.80. The van der Waals surface area contributed by atoms with Crippen LogP contribution in [-0.2, 0) is 11.4 Å². The predicted octanol–water partition coefficient (Wildman–Crippen LogP) is 3.68. The van der Waals surface area contributed by atoms with Crippen molar-refractivity contribution in [2.45, 2.75) is 77.5 Å². The van der Waals surface area contributed by atoms with Crippen molar-refractivity contribution in [3.05, 3.63) is 24.5 Å². The van der Waals surface area contributed by atoms with Gasteiger partial charge in [-0.1, -0.05) is 26.2 Å². The zero-order valence-corrected chi connectivity index (χ0v) is 20.3. The van der Waals surface area contributed by atoms with Crippen molar-refractivity contribution in [3.8, 4) is 5.95 Å². The summed E-state index contributed by atoms with van der Waals surface area (Å²) in [4.78, 5) is 35.4. The van der Waals surface area contributed by atoms with Gasteiger partial charge in [0.25, 0.3) is 0 Å². The van der Waals surface area contributed by atoms with Crippen LogP contribution in [0.1, 0.15) is 70.8 Å². The Balaban J connectivity index is 1.45. The average molecular weight is 480 g/mol. The van der Waals surface area contributed by atoms with Gasteiger partial charge in [0.15, 0.2) is 23.5 Å². The SMILES string of the molecule is CC1CCC(Cn2c(-n3ccnc3)nc3nc(C4NOC(=O)N4)nc(N[C@H](C)C4CCC4)c32)CC1. The molecule has 1 aliphatic heterocycles. The summed E-state index contributed by atoms with van der Waals surface area (Å²) in [6, 6.07) is 0.271. The highest BCUT2D eigenvalue weighted by atomic mass is 16.7. The van der Waals surface area contributed by atoms with E-state index >= 15 is 0 Å². The van der Waals surface area contributed by atoms with Gasteiger partial charge in [-0.25, -0.2) is 19.7 Å². The molecule has 3 aromatic heterocycles. The van der Waals surface area contributed by atoms with Crippen LogP contribution < -0.4 is 16.1 Å². The fourth-order valence-electron chi connectivity index (χ4n) is 5.47. The van der Waals surface area contributed by atoms with Gasteiger partial charge in [-0.05, 0) is 50.4 Å². The molecule has 2 atom stereocenters. The first-order valence-corrected chi connectivity index (χ1v) is 12.8. The summed E-state index contributed by atoms with van der Waals surface area (Å²) in [5, 5.41) is 6.39. The highest BCUT2D eigenvalue weighted by Gasteiger charge is 2.31. The molecule has 35 heavy (non-hydrogen) atoms. The van der Waals surface area contributed by atoms with Crippen LogP contribution in [-0.4, -0.2) is 41.2 Å². The molecule has 0 aromatic carbocycles. The summed E-state index contributed by atoms with van der Waals surface area (Å²) in [6.45, 7) is 5.42. The van der Waals surface area contributed by atoms with Gasteiger partial charge in [-0.3, -0.25) is 9.88 Å². The molecule has 3 aromatic rings. The molecule has 11 nitrogen and oxygen atoms in total. The minimum absolute atomic E-state index is 0.271. The van der Waals surface area contributed by atoms with Crippen molar-refractivity contribution in [3.63, 3.8) is 0 Å². The van der Waals surface area contributed by atoms with Crippen molar-refractivity contribution in [2.75, 3.05) is 5.32 Å². The van der Waals surface area contributed by atoms with Crippen molar-refractivity contribution in [1.82, 2.24) is 39.9 Å². The van der Waals surface area contributed by atoms with E-state index in [-0.39, 0.29) is 6.04 Å². The Morgan fingerprint density at radius 3 is 2.66 bits per heavy atom. The van der Waals surface area contributed by atoms with E-state index in [0.717, 1.165) is 29.7 Å². The smallest absolute Gasteiger partial charge is 0.365 e. The fourth-order valence-corrected chi connectivity index (χ4v) is 5.47. The number of imidazole rings is 2. The summed E-state index contributed by atoms with van der Waals surface area (Å²) in [7, 11) is 0. The molecule has 11 heteroatoms. The largest absolute Gasteiger partial charge is 0.427 e. The number of hydrogen-bond acceptors (Lipinski definition) is 8. The lowest BCUT2D eigenvalue weighted by Crippen LogP contribution is -2.32. The molecule has 0 spiro atoms. The van der Waals surface area contributed by atoms with Gasteiger partial charge in [0.05, 0.1) is 0 Å². The Hall–Kier alpha value is -3.21. The summed E-state index contributed by atoms with van der Waals surface area (Å²) in [5.74, 6) is 3.94. The topological polar surface area (TPSA) is 124 Å². The van der Waals surface area contributed by atoms with Gasteiger partial charge >= 0.3 is 6.09 Å². The molecule has 3 N–H and O–H groups in total. The Morgan fingerprint density at radius 1 is 1.17 bits per heavy atom. The fraction of sp³-hybridized carbons (Fsp3) is 0.625. The second-order valence-electron chi connectivity index (χ2n) is 10.4. The third-order valence-electron chi connectivity index (χ3n) is 7.92. The second-order valence-corrected chi connectivity index (χ2v) is 10.4. The average Bonchev–Trinajstić information content (AvgIpc) is 3.54. The monoisotopic (exact) mass is 479 g/mol. The molecule has 3 aliphatic rings. The number of hydroxylamine groups is 1. The molecule has 6 rings (SSSR count). The van der Waals surface area contributed by atoms with Crippen LogP contribution in [0.2, 0.25) is 0 Å². The number of anilines is 1. The van der Waals surface area contributed by atoms with E-state index < -0.39 is 12.3 Å². The summed E-state index contributed by atoms with van der Waals surface area (Å²) in [6.07, 6.45) is 12.9. The molecule has 0 radical (unpaired) electrons. The van der Waals surface area contributed by atoms with E-state index in [1.807, 2.05) is 10.8 Å². The van der Waals surface area contributed by atoms with Crippen molar-refractivity contribution in [1.29, 1.82) is 0 Å². The number of fused-ring (bicyclic) bond motifs is 1. The maximum atomic E-state index is 11.6. The number of rotatable bonds is 7. The van der Waals surface area contributed by atoms with Crippen LogP contribution in [0.4, 0.5) is 10.6 Å². The van der Waals surface area contributed by atoms with Crippen LogP contribution in [0.15, 0.2) is 18.7 Å². The van der Waals surface area contributed by atoms with Crippen LogP contribution in [0, 0.1) is 17.8 Å². The van der Waals surface area contributed by atoms with Crippen LogP contribution in [0.3, 0.4) is 0 Å². The first-order chi connectivity index (χ1) is 17.0. The minimum atomic E-state index is -0.631. The molecular weight excluding hydrogens is 446 g/mol. The number of aromatic nitrogens is 6. The zero-order valence-electron chi connectivity index (χ0n) is 20.3. The maximum absolute atomic E-state index is 11.6. The Labute approximate surface area is 204 Å². The molecule has 0 bridgehead atoms. The van der Waals surface area contributed by atoms with Crippen LogP contribution >= 0.6 is 0 Å². The molecule has 1 saturated heterocycles. The molecule has 1 amide bonds. The number of carbonyl (C=O) groups is 1. The number of carbonyl (C=O) groups excluding carboxylic acids is 1. The van der Waals surface area contributed by atoms with Gasteiger partial charge in [0, 0.05) is 25.0 Å². The van der Waals surface area contributed by atoms with Crippen molar-refractivity contribution < 1.29 is 9.63 Å². The molecule has 3 fully saturated rings. The summed E-state index contributed by atoms with van der Waals surface area (Å²) >= 11 is 0. The van der Waals surface area contributed by atoms with Gasteiger partial charge in [0.2, 0.25) is 5.95 Å². The number of nitrogens with one attached hydrogen (secondary N) is 3. The summed E-state index contributed by atoms with van der Waals surface area (Å²) < 4.78 is 4.19. The van der Waals surface area contributed by atoms with Crippen molar-refractivity contribution >= 4 is 23.1 Å². The van der Waals surface area contributed by atoms with E-state index in [0.29, 0.717) is 23.3 Å². The van der Waals surface area contributed by atoms with Gasteiger partial charge in [-0.2, -0.15) is 4.98 Å². The van der Waals surface area contributed by atoms with E-state index in [2.05, 4.69) is 39.5 Å².